The Morgan fingerprint density at radius 1 is 1.05 bits per heavy atom. The topological polar surface area (TPSA) is 21.3 Å². The van der Waals surface area contributed by atoms with E-state index in [0.29, 0.717) is 13.2 Å². The lowest BCUT2D eigenvalue weighted by Crippen LogP contribution is -2.16. The molecule has 0 aliphatic rings. The Kier molecular flexibility index (Phi) is 4.84. The zero-order valence-electron chi connectivity index (χ0n) is 12.8. The van der Waals surface area contributed by atoms with Crippen LogP contribution in [0.25, 0.3) is 0 Å². The van der Waals surface area contributed by atoms with Crippen molar-refractivity contribution < 1.29 is 9.13 Å². The van der Waals surface area contributed by atoms with Crippen LogP contribution < -0.4 is 10.1 Å². The van der Waals surface area contributed by atoms with E-state index < -0.39 is 0 Å². The number of hydrogen-bond acceptors (Lipinski definition) is 2. The van der Waals surface area contributed by atoms with Crippen LogP contribution in [-0.2, 0) is 5.41 Å². The van der Waals surface area contributed by atoms with Crippen LogP contribution in [0.4, 0.5) is 10.1 Å². The van der Waals surface area contributed by atoms with E-state index in [1.165, 1.54) is 17.7 Å². The summed E-state index contributed by atoms with van der Waals surface area (Å²) in [6.07, 6.45) is 0. The average molecular weight is 287 g/mol. The third kappa shape index (κ3) is 4.48. The second-order valence-corrected chi connectivity index (χ2v) is 6.03. The zero-order chi connectivity index (χ0) is 15.3. The number of rotatable bonds is 5. The van der Waals surface area contributed by atoms with Crippen LogP contribution >= 0.6 is 0 Å². The fraction of sp³-hybridized carbons (Fsp3) is 0.333. The lowest BCUT2D eigenvalue weighted by atomic mass is 9.86. The number of halogens is 1. The normalized spacial score (nSPS) is 11.2. The number of para-hydroxylation sites is 1. The summed E-state index contributed by atoms with van der Waals surface area (Å²) in [4.78, 5) is 0. The molecule has 0 amide bonds. The predicted octanol–water partition coefficient (Wildman–Crippen LogP) is 4.61. The summed E-state index contributed by atoms with van der Waals surface area (Å²) < 4.78 is 18.9. The van der Waals surface area contributed by atoms with Crippen molar-refractivity contribution in [1.82, 2.24) is 0 Å². The summed E-state index contributed by atoms with van der Waals surface area (Å²) >= 11 is 0. The maximum Gasteiger partial charge on any atom is 0.125 e. The van der Waals surface area contributed by atoms with E-state index in [1.807, 2.05) is 24.3 Å². The molecule has 0 aliphatic carbocycles. The summed E-state index contributed by atoms with van der Waals surface area (Å²) in [5, 5.41) is 3.15. The van der Waals surface area contributed by atoms with E-state index in [0.717, 1.165) is 11.4 Å². The second kappa shape index (κ2) is 6.61. The van der Waals surface area contributed by atoms with Gasteiger partial charge in [-0.1, -0.05) is 45.0 Å². The van der Waals surface area contributed by atoms with Crippen LogP contribution in [0.15, 0.2) is 48.5 Å². The number of ether oxygens (including phenoxy) is 1. The summed E-state index contributed by atoms with van der Waals surface area (Å²) in [5.41, 5.74) is 2.01. The van der Waals surface area contributed by atoms with Gasteiger partial charge in [0.2, 0.25) is 0 Å². The van der Waals surface area contributed by atoms with Crippen molar-refractivity contribution >= 4 is 5.69 Å². The SMILES string of the molecule is CC(C)(C)c1ccccc1OCCNc1cccc(F)c1. The monoisotopic (exact) mass is 287 g/mol. The molecule has 3 heteroatoms. The number of nitrogens with one attached hydrogen (secondary N) is 1. The van der Waals surface area contributed by atoms with Crippen molar-refractivity contribution in [3.8, 4) is 5.75 Å². The standard InChI is InChI=1S/C18H22FNO/c1-18(2,3)16-9-4-5-10-17(16)21-12-11-20-15-8-6-7-14(19)13-15/h4-10,13,20H,11-12H2,1-3H3. The van der Waals surface area contributed by atoms with Gasteiger partial charge in [-0.25, -0.2) is 4.39 Å². The molecule has 2 aromatic rings. The molecule has 0 spiro atoms. The third-order valence-corrected chi connectivity index (χ3v) is 3.21. The van der Waals surface area contributed by atoms with E-state index in [2.05, 4.69) is 32.2 Å². The molecule has 0 bridgehead atoms. The molecule has 112 valence electrons. The van der Waals surface area contributed by atoms with Gasteiger partial charge in [0, 0.05) is 12.2 Å². The van der Waals surface area contributed by atoms with Gasteiger partial charge in [0.25, 0.3) is 0 Å². The highest BCUT2D eigenvalue weighted by atomic mass is 19.1. The molecule has 0 radical (unpaired) electrons. The highest BCUT2D eigenvalue weighted by Gasteiger charge is 2.18. The van der Waals surface area contributed by atoms with Crippen LogP contribution in [-0.4, -0.2) is 13.2 Å². The Hall–Kier alpha value is -2.03. The molecule has 0 saturated heterocycles. The molecule has 0 atom stereocenters. The number of anilines is 1. The molecule has 0 fully saturated rings. The van der Waals surface area contributed by atoms with Crippen molar-refractivity contribution in [3.05, 3.63) is 59.9 Å². The van der Waals surface area contributed by atoms with Gasteiger partial charge in [0.05, 0.1) is 0 Å². The zero-order valence-corrected chi connectivity index (χ0v) is 12.8. The Labute approximate surface area is 126 Å². The van der Waals surface area contributed by atoms with Crippen molar-refractivity contribution in [3.63, 3.8) is 0 Å². The van der Waals surface area contributed by atoms with Gasteiger partial charge in [-0.2, -0.15) is 0 Å². The first-order valence-electron chi connectivity index (χ1n) is 7.18. The van der Waals surface area contributed by atoms with Gasteiger partial charge in [-0.15, -0.1) is 0 Å². The number of hydrogen-bond donors (Lipinski definition) is 1. The quantitative estimate of drug-likeness (QED) is 0.811. The lowest BCUT2D eigenvalue weighted by Gasteiger charge is -2.22. The van der Waals surface area contributed by atoms with E-state index in [9.17, 15) is 4.39 Å². The van der Waals surface area contributed by atoms with E-state index in [1.54, 1.807) is 6.07 Å². The molecule has 2 aromatic carbocycles. The minimum atomic E-state index is -0.237. The largest absolute Gasteiger partial charge is 0.491 e. The summed E-state index contributed by atoms with van der Waals surface area (Å²) in [6.45, 7) is 7.66. The Morgan fingerprint density at radius 2 is 1.81 bits per heavy atom. The summed E-state index contributed by atoms with van der Waals surface area (Å²) in [7, 11) is 0. The van der Waals surface area contributed by atoms with Crippen LogP contribution in [0, 0.1) is 5.82 Å². The summed E-state index contributed by atoms with van der Waals surface area (Å²) in [6, 6.07) is 14.5. The van der Waals surface area contributed by atoms with E-state index in [4.69, 9.17) is 4.74 Å². The maximum atomic E-state index is 13.1. The smallest absolute Gasteiger partial charge is 0.125 e. The molecule has 0 unspecified atom stereocenters. The van der Waals surface area contributed by atoms with Crippen LogP contribution in [0.1, 0.15) is 26.3 Å². The Morgan fingerprint density at radius 3 is 2.52 bits per heavy atom. The first-order chi connectivity index (χ1) is 9.97. The van der Waals surface area contributed by atoms with Crippen LogP contribution in [0.2, 0.25) is 0 Å². The highest BCUT2D eigenvalue weighted by Crippen LogP contribution is 2.30. The molecular weight excluding hydrogens is 265 g/mol. The average Bonchev–Trinajstić information content (AvgIpc) is 2.43. The van der Waals surface area contributed by atoms with E-state index >= 15 is 0 Å². The van der Waals surface area contributed by atoms with Gasteiger partial charge < -0.3 is 10.1 Å². The molecule has 0 saturated carbocycles. The fourth-order valence-electron chi connectivity index (χ4n) is 2.17. The minimum absolute atomic E-state index is 0.0482. The van der Waals surface area contributed by atoms with Gasteiger partial charge in [0.1, 0.15) is 18.2 Å². The predicted molar refractivity (Wildman–Crippen MR) is 85.5 cm³/mol. The number of benzene rings is 2. The molecule has 0 heterocycles. The van der Waals surface area contributed by atoms with Gasteiger partial charge in [-0.3, -0.25) is 0 Å². The van der Waals surface area contributed by atoms with Gasteiger partial charge in [0.15, 0.2) is 0 Å². The lowest BCUT2D eigenvalue weighted by molar-refractivity contribution is 0.323. The molecular formula is C18H22FNO. The van der Waals surface area contributed by atoms with Gasteiger partial charge in [-0.05, 0) is 35.2 Å². The van der Waals surface area contributed by atoms with Crippen molar-refractivity contribution in [2.45, 2.75) is 26.2 Å². The minimum Gasteiger partial charge on any atom is -0.491 e. The first-order valence-corrected chi connectivity index (χ1v) is 7.18. The molecule has 1 N–H and O–H groups in total. The second-order valence-electron chi connectivity index (χ2n) is 6.03. The molecule has 21 heavy (non-hydrogen) atoms. The van der Waals surface area contributed by atoms with E-state index in [-0.39, 0.29) is 11.2 Å². The molecule has 2 rings (SSSR count). The Balaban J connectivity index is 1.90. The van der Waals surface area contributed by atoms with Crippen molar-refractivity contribution in [2.24, 2.45) is 0 Å². The maximum absolute atomic E-state index is 13.1. The van der Waals surface area contributed by atoms with Gasteiger partial charge >= 0.3 is 0 Å². The first kappa shape index (κ1) is 15.4. The fourth-order valence-corrected chi connectivity index (χ4v) is 2.17. The van der Waals surface area contributed by atoms with Crippen LogP contribution in [0.3, 0.4) is 0 Å². The van der Waals surface area contributed by atoms with Crippen LogP contribution in [0.5, 0.6) is 5.75 Å². The summed E-state index contributed by atoms with van der Waals surface area (Å²) in [5.74, 6) is 0.671. The highest BCUT2D eigenvalue weighted by molar-refractivity contribution is 5.43. The molecule has 0 aromatic heterocycles. The molecule has 0 aliphatic heterocycles. The van der Waals surface area contributed by atoms with Crippen molar-refractivity contribution in [2.75, 3.05) is 18.5 Å². The third-order valence-electron chi connectivity index (χ3n) is 3.21. The molecule has 2 nitrogen and oxygen atoms in total. The Bertz CT molecular complexity index is 590. The van der Waals surface area contributed by atoms with Crippen molar-refractivity contribution in [1.29, 1.82) is 0 Å².